The zero-order valence-electron chi connectivity index (χ0n) is 5.28. The summed E-state index contributed by atoms with van der Waals surface area (Å²) in [5.74, 6) is 0. The molecule has 0 amide bonds. The van der Waals surface area contributed by atoms with Crippen LogP contribution in [0.4, 0.5) is 0 Å². The number of nitrogens with zero attached hydrogens (tertiary/aromatic N) is 2. The smallest absolute Gasteiger partial charge is 0.169 e. The minimum absolute atomic E-state index is 0.221. The molecule has 2 aliphatic rings. The average molecular weight is 140 g/mol. The summed E-state index contributed by atoms with van der Waals surface area (Å²) in [6.45, 7) is 0.424. The number of nitrogens with one attached hydrogen (secondary N) is 2. The van der Waals surface area contributed by atoms with Crippen molar-refractivity contribution in [2.45, 2.75) is 6.17 Å². The van der Waals surface area contributed by atoms with Gasteiger partial charge >= 0.3 is 0 Å². The van der Waals surface area contributed by atoms with E-state index in [0.29, 0.717) is 6.67 Å². The van der Waals surface area contributed by atoms with Gasteiger partial charge in [-0.05, 0) is 0 Å². The summed E-state index contributed by atoms with van der Waals surface area (Å²) in [7, 11) is 0. The average Bonchev–Trinajstić information content (AvgIpc) is 2.36. The van der Waals surface area contributed by atoms with Crippen molar-refractivity contribution in [2.24, 2.45) is 4.99 Å². The number of hydrogen-bond acceptors (Lipinski definition) is 5. The van der Waals surface area contributed by atoms with Crippen LogP contribution in [0.15, 0.2) is 16.9 Å². The number of hydroxylamine groups is 2. The highest BCUT2D eigenvalue weighted by atomic mass is 16.5. The molecule has 0 fully saturated rings. The lowest BCUT2D eigenvalue weighted by Gasteiger charge is -2.24. The van der Waals surface area contributed by atoms with Crippen molar-refractivity contribution in [3.05, 3.63) is 11.9 Å². The first-order valence-electron chi connectivity index (χ1n) is 3.05. The Morgan fingerprint density at radius 2 is 2.70 bits per heavy atom. The highest BCUT2D eigenvalue weighted by Gasteiger charge is 2.25. The summed E-state index contributed by atoms with van der Waals surface area (Å²) >= 11 is 0. The summed E-state index contributed by atoms with van der Waals surface area (Å²) in [5.41, 5.74) is 0.883. The molecule has 2 heterocycles. The Labute approximate surface area is 58.0 Å². The lowest BCUT2D eigenvalue weighted by molar-refractivity contribution is -0.121. The molecule has 0 saturated carbocycles. The van der Waals surface area contributed by atoms with Gasteiger partial charge in [-0.25, -0.2) is 4.99 Å². The van der Waals surface area contributed by atoms with Crippen LogP contribution in [0, 0.1) is 0 Å². The molecule has 0 aliphatic carbocycles. The molecule has 0 saturated heterocycles. The van der Waals surface area contributed by atoms with Gasteiger partial charge in [-0.3, -0.25) is 0 Å². The van der Waals surface area contributed by atoms with Crippen LogP contribution in [-0.2, 0) is 0 Å². The topological polar surface area (TPSA) is 59.9 Å². The predicted octanol–water partition coefficient (Wildman–Crippen LogP) is -0.963. The summed E-state index contributed by atoms with van der Waals surface area (Å²) in [6, 6.07) is 0. The van der Waals surface area contributed by atoms with E-state index in [9.17, 15) is 0 Å². The Hall–Kier alpha value is -1.07. The van der Waals surface area contributed by atoms with Gasteiger partial charge < -0.3 is 15.8 Å². The fourth-order valence-electron chi connectivity index (χ4n) is 1.03. The van der Waals surface area contributed by atoms with Crippen molar-refractivity contribution in [1.29, 1.82) is 0 Å². The van der Waals surface area contributed by atoms with Crippen LogP contribution in [-0.4, -0.2) is 29.4 Å². The lowest BCUT2D eigenvalue weighted by atomic mass is 10.3. The lowest BCUT2D eigenvalue weighted by Crippen LogP contribution is -2.42. The van der Waals surface area contributed by atoms with Gasteiger partial charge in [-0.15, -0.1) is 5.06 Å². The van der Waals surface area contributed by atoms with Crippen LogP contribution >= 0.6 is 0 Å². The molecule has 5 heteroatoms. The first-order chi connectivity index (χ1) is 4.88. The van der Waals surface area contributed by atoms with E-state index in [0.717, 1.165) is 10.8 Å². The number of rotatable bonds is 0. The molecule has 2 aliphatic heterocycles. The van der Waals surface area contributed by atoms with Crippen molar-refractivity contribution in [3.8, 4) is 0 Å². The molecule has 5 nitrogen and oxygen atoms in total. The molecule has 0 radical (unpaired) electrons. The van der Waals surface area contributed by atoms with Crippen molar-refractivity contribution < 1.29 is 5.21 Å². The van der Waals surface area contributed by atoms with Gasteiger partial charge in [0.25, 0.3) is 0 Å². The molecule has 0 aromatic heterocycles. The van der Waals surface area contributed by atoms with Gasteiger partial charge in [0.2, 0.25) is 0 Å². The fourth-order valence-corrected chi connectivity index (χ4v) is 1.03. The summed E-state index contributed by atoms with van der Waals surface area (Å²) < 4.78 is 0. The second kappa shape index (κ2) is 1.96. The van der Waals surface area contributed by atoms with Gasteiger partial charge in [0.15, 0.2) is 6.17 Å². The summed E-state index contributed by atoms with van der Waals surface area (Å²) in [6.07, 6.45) is 3.16. The van der Waals surface area contributed by atoms with Gasteiger partial charge in [0, 0.05) is 6.20 Å². The number of aliphatic imine (C=N–C) groups is 1. The molecular formula is C5H8N4O. The highest BCUT2D eigenvalue weighted by molar-refractivity contribution is 5.62. The third-order valence-electron chi connectivity index (χ3n) is 1.52. The van der Waals surface area contributed by atoms with E-state index in [1.807, 2.05) is 6.20 Å². The highest BCUT2D eigenvalue weighted by Crippen LogP contribution is 2.12. The largest absolute Gasteiger partial charge is 0.375 e. The second-order valence-corrected chi connectivity index (χ2v) is 2.20. The van der Waals surface area contributed by atoms with E-state index < -0.39 is 0 Å². The molecule has 54 valence electrons. The van der Waals surface area contributed by atoms with E-state index in [1.54, 1.807) is 6.34 Å². The zero-order valence-corrected chi connectivity index (χ0v) is 5.28. The van der Waals surface area contributed by atoms with Crippen LogP contribution in [0.25, 0.3) is 0 Å². The minimum atomic E-state index is -0.221. The molecule has 10 heavy (non-hydrogen) atoms. The van der Waals surface area contributed by atoms with Crippen LogP contribution in [0.5, 0.6) is 0 Å². The third kappa shape index (κ3) is 0.680. The first kappa shape index (κ1) is 5.70. The van der Waals surface area contributed by atoms with E-state index >= 15 is 0 Å². The van der Waals surface area contributed by atoms with Crippen molar-refractivity contribution in [1.82, 2.24) is 15.7 Å². The van der Waals surface area contributed by atoms with E-state index in [2.05, 4.69) is 15.6 Å². The van der Waals surface area contributed by atoms with Gasteiger partial charge in [0.05, 0.1) is 18.7 Å². The van der Waals surface area contributed by atoms with Gasteiger partial charge in [-0.1, -0.05) is 0 Å². The predicted molar refractivity (Wildman–Crippen MR) is 35.1 cm³/mol. The Balaban J connectivity index is 2.24. The molecule has 0 bridgehead atoms. The van der Waals surface area contributed by atoms with Crippen LogP contribution in [0.3, 0.4) is 0 Å². The Bertz CT molecular complexity index is 200. The summed E-state index contributed by atoms with van der Waals surface area (Å²) in [5, 5.41) is 16.1. The number of fused-ring (bicyclic) bond motifs is 1. The van der Waals surface area contributed by atoms with Gasteiger partial charge in [-0.2, -0.15) is 0 Å². The second-order valence-electron chi connectivity index (χ2n) is 2.20. The first-order valence-corrected chi connectivity index (χ1v) is 3.05. The Kier molecular flexibility index (Phi) is 1.12. The van der Waals surface area contributed by atoms with E-state index in [-0.39, 0.29) is 6.17 Å². The Morgan fingerprint density at radius 1 is 1.80 bits per heavy atom. The molecule has 3 N–H and O–H groups in total. The molecule has 0 aromatic carbocycles. The van der Waals surface area contributed by atoms with Crippen molar-refractivity contribution in [2.75, 3.05) is 6.67 Å². The Morgan fingerprint density at radius 3 is 3.50 bits per heavy atom. The SMILES string of the molecule is ON1CNC=C2NC=N[C@H]21. The quantitative estimate of drug-likeness (QED) is 0.405. The molecule has 1 atom stereocenters. The maximum Gasteiger partial charge on any atom is 0.169 e. The monoisotopic (exact) mass is 140 g/mol. The van der Waals surface area contributed by atoms with E-state index in [4.69, 9.17) is 5.21 Å². The number of hydrogen-bond donors (Lipinski definition) is 3. The third-order valence-corrected chi connectivity index (χ3v) is 1.52. The molecule has 0 unspecified atom stereocenters. The van der Waals surface area contributed by atoms with Crippen LogP contribution in [0.2, 0.25) is 0 Å². The van der Waals surface area contributed by atoms with E-state index in [1.165, 1.54) is 0 Å². The normalized spacial score (nSPS) is 30.5. The maximum absolute atomic E-state index is 9.16. The molecule has 0 spiro atoms. The maximum atomic E-state index is 9.16. The van der Waals surface area contributed by atoms with Crippen molar-refractivity contribution in [3.63, 3.8) is 0 Å². The van der Waals surface area contributed by atoms with Gasteiger partial charge in [0.1, 0.15) is 0 Å². The molecule has 0 aromatic rings. The summed E-state index contributed by atoms with van der Waals surface area (Å²) in [4.78, 5) is 3.97. The fraction of sp³-hybridized carbons (Fsp3) is 0.400. The van der Waals surface area contributed by atoms with Crippen molar-refractivity contribution >= 4 is 6.34 Å². The molecular weight excluding hydrogens is 132 g/mol. The minimum Gasteiger partial charge on any atom is -0.375 e. The molecule has 2 rings (SSSR count). The van der Waals surface area contributed by atoms with Crippen LogP contribution in [0.1, 0.15) is 0 Å². The zero-order chi connectivity index (χ0) is 6.97. The van der Waals surface area contributed by atoms with Crippen LogP contribution < -0.4 is 10.6 Å². The standard InChI is InChI=1S/C5H8N4O/c10-9-3-6-1-4-5(9)8-2-7-4/h1-2,5-6,10H,3H2,(H,7,8)/t5-/m0/s1.